The number of aliphatic hydroxyl groups excluding tert-OH is 2. The van der Waals surface area contributed by atoms with Crippen molar-refractivity contribution in [3.05, 3.63) is 43.2 Å². The zero-order valence-corrected chi connectivity index (χ0v) is 13.9. The Morgan fingerprint density at radius 2 is 1.85 bits per heavy atom. The molecule has 4 heterocycles. The van der Waals surface area contributed by atoms with E-state index in [4.69, 9.17) is 10.5 Å². The third-order valence-electron chi connectivity index (χ3n) is 4.63. The smallest absolute Gasteiger partial charge is 0.282 e. The summed E-state index contributed by atoms with van der Waals surface area (Å²) in [5.74, 6) is -3.04. The second-order valence-corrected chi connectivity index (χ2v) is 6.32. The highest BCUT2D eigenvalue weighted by molar-refractivity contribution is 5.81. The quantitative estimate of drug-likeness (QED) is 0.558. The summed E-state index contributed by atoms with van der Waals surface area (Å²) in [4.78, 5) is 15.5. The predicted molar refractivity (Wildman–Crippen MR) is 88.4 cm³/mol. The van der Waals surface area contributed by atoms with Crippen LogP contribution in [0.5, 0.6) is 0 Å². The number of hydrogen-bond donors (Lipinski definition) is 3. The molecule has 1 spiro atoms. The number of hydrogen-bond acceptors (Lipinski definition) is 8. The predicted octanol–water partition coefficient (Wildman–Crippen LogP) is 0.518. The van der Waals surface area contributed by atoms with E-state index in [9.17, 15) is 19.0 Å². The van der Waals surface area contributed by atoms with E-state index in [1.165, 1.54) is 17.2 Å². The van der Waals surface area contributed by atoms with Crippen LogP contribution in [0.25, 0.3) is 11.2 Å². The molecule has 1 aliphatic carbocycles. The molecule has 0 unspecified atom stereocenters. The van der Waals surface area contributed by atoms with Crippen LogP contribution < -0.4 is 5.73 Å². The number of halogens is 2. The molecule has 142 valence electrons. The van der Waals surface area contributed by atoms with Crippen molar-refractivity contribution in [3.8, 4) is 0 Å². The molecule has 3 aromatic rings. The Kier molecular flexibility index (Phi) is 4.02. The van der Waals surface area contributed by atoms with E-state index in [-0.39, 0.29) is 17.0 Å². The van der Waals surface area contributed by atoms with E-state index in [1.807, 2.05) is 18.2 Å². The van der Waals surface area contributed by atoms with Crippen LogP contribution in [0, 0.1) is 0 Å². The summed E-state index contributed by atoms with van der Waals surface area (Å²) < 4.78 is 33.4. The molecular weight excluding hydrogens is 362 g/mol. The van der Waals surface area contributed by atoms with Crippen molar-refractivity contribution in [2.75, 3.05) is 5.73 Å². The number of rotatable bonds is 1. The molecule has 1 saturated heterocycles. The second-order valence-electron chi connectivity index (χ2n) is 6.32. The molecule has 5 rings (SSSR count). The molecule has 4 N–H and O–H groups in total. The highest BCUT2D eigenvalue weighted by Gasteiger charge is 2.81. The van der Waals surface area contributed by atoms with E-state index < -0.39 is 36.4 Å². The Labute approximate surface area is 151 Å². The van der Waals surface area contributed by atoms with Crippen molar-refractivity contribution in [3.63, 3.8) is 0 Å². The fourth-order valence-electron chi connectivity index (χ4n) is 3.11. The molecule has 0 amide bonds. The summed E-state index contributed by atoms with van der Waals surface area (Å²) in [6.45, 7) is 0. The zero-order chi connectivity index (χ0) is 19.2. The Morgan fingerprint density at radius 1 is 1.15 bits per heavy atom. The van der Waals surface area contributed by atoms with Crippen LogP contribution in [0.15, 0.2) is 43.2 Å². The van der Waals surface area contributed by atoms with Crippen LogP contribution in [-0.4, -0.2) is 58.4 Å². The maximum atomic E-state index is 13.4. The zero-order valence-electron chi connectivity index (χ0n) is 13.9. The number of anilines is 1. The van der Waals surface area contributed by atoms with Gasteiger partial charge < -0.3 is 20.7 Å². The number of nitrogens with two attached hydrogens (primary N) is 1. The molecule has 2 aliphatic rings. The van der Waals surface area contributed by atoms with Gasteiger partial charge in [0.25, 0.3) is 5.92 Å². The summed E-state index contributed by atoms with van der Waals surface area (Å²) in [6.07, 6.45) is 0.900. The maximum absolute atomic E-state index is 13.4. The van der Waals surface area contributed by atoms with Gasteiger partial charge in [-0.3, -0.25) is 9.55 Å². The van der Waals surface area contributed by atoms with Gasteiger partial charge in [0, 0.05) is 12.4 Å². The Balaban J connectivity index is 0.000000257. The number of nitrogens with zero attached hydrogens (tertiary/aromatic N) is 5. The van der Waals surface area contributed by atoms with Crippen molar-refractivity contribution in [1.29, 1.82) is 0 Å². The molecule has 27 heavy (non-hydrogen) atoms. The third-order valence-corrected chi connectivity index (χ3v) is 4.63. The first-order chi connectivity index (χ1) is 12.9. The number of ether oxygens (including phenoxy) is 1. The number of imidazole rings is 1. The lowest BCUT2D eigenvalue weighted by molar-refractivity contribution is -0.0989. The normalized spacial score (nSPS) is 30.9. The number of fused-ring (bicyclic) bond motifs is 1. The van der Waals surface area contributed by atoms with E-state index in [0.29, 0.717) is 0 Å². The van der Waals surface area contributed by atoms with Gasteiger partial charge in [0.05, 0.1) is 12.7 Å². The summed E-state index contributed by atoms with van der Waals surface area (Å²) in [5, 5.41) is 19.9. The summed E-state index contributed by atoms with van der Waals surface area (Å²) in [6, 6.07) is 5.72. The molecule has 4 atom stereocenters. The largest absolute Gasteiger partial charge is 0.387 e. The van der Waals surface area contributed by atoms with Crippen molar-refractivity contribution in [2.24, 2.45) is 0 Å². The van der Waals surface area contributed by atoms with Crippen LogP contribution in [0.4, 0.5) is 14.6 Å². The van der Waals surface area contributed by atoms with Crippen molar-refractivity contribution >= 4 is 17.0 Å². The highest BCUT2D eigenvalue weighted by atomic mass is 19.3. The Hall–Kier alpha value is -2.76. The molecule has 1 saturated carbocycles. The van der Waals surface area contributed by atoms with Crippen molar-refractivity contribution in [2.45, 2.75) is 36.4 Å². The SMILES string of the molecule is Nc1ncnc2c1ncn2[C@@H]1O[C@@]2(CC2(F)F)[C@@H](O)[C@H]1O.c1ccncc1. The molecule has 0 radical (unpaired) electrons. The minimum atomic E-state index is -3.16. The first kappa shape index (κ1) is 17.6. The van der Waals surface area contributed by atoms with E-state index in [1.54, 1.807) is 12.4 Å². The average Bonchev–Trinajstić information content (AvgIpc) is 2.95. The lowest BCUT2D eigenvalue weighted by atomic mass is 10.1. The second kappa shape index (κ2) is 6.15. The molecule has 1 aliphatic heterocycles. The van der Waals surface area contributed by atoms with Gasteiger partial charge in [0.15, 0.2) is 23.3 Å². The van der Waals surface area contributed by atoms with Gasteiger partial charge in [-0.05, 0) is 12.1 Å². The minimum Gasteiger partial charge on any atom is -0.387 e. The minimum absolute atomic E-state index is 0.123. The number of nitrogen functional groups attached to an aromatic ring is 1. The monoisotopic (exact) mass is 378 g/mol. The average molecular weight is 378 g/mol. The molecular formula is C16H16F2N6O3. The van der Waals surface area contributed by atoms with Crippen molar-refractivity contribution < 1.29 is 23.7 Å². The maximum Gasteiger partial charge on any atom is 0.282 e. The van der Waals surface area contributed by atoms with Crippen LogP contribution in [0.1, 0.15) is 12.6 Å². The van der Waals surface area contributed by atoms with Crippen molar-refractivity contribution in [1.82, 2.24) is 24.5 Å². The molecule has 2 fully saturated rings. The summed E-state index contributed by atoms with van der Waals surface area (Å²) >= 11 is 0. The lowest BCUT2D eigenvalue weighted by Gasteiger charge is -2.16. The highest BCUT2D eigenvalue weighted by Crippen LogP contribution is 2.63. The van der Waals surface area contributed by atoms with Gasteiger partial charge in [-0.1, -0.05) is 6.07 Å². The van der Waals surface area contributed by atoms with Gasteiger partial charge >= 0.3 is 0 Å². The molecule has 0 bridgehead atoms. The van der Waals surface area contributed by atoms with Crippen LogP contribution >= 0.6 is 0 Å². The van der Waals surface area contributed by atoms with Gasteiger partial charge in [0.2, 0.25) is 0 Å². The first-order valence-electron chi connectivity index (χ1n) is 8.07. The summed E-state index contributed by atoms with van der Waals surface area (Å²) in [5.41, 5.74) is 4.11. The Bertz CT molecular complexity index is 929. The Morgan fingerprint density at radius 3 is 2.37 bits per heavy atom. The van der Waals surface area contributed by atoms with Gasteiger partial charge in [-0.2, -0.15) is 0 Å². The fourth-order valence-corrected chi connectivity index (χ4v) is 3.11. The number of aromatic nitrogens is 5. The van der Waals surface area contributed by atoms with E-state index >= 15 is 0 Å². The number of pyridine rings is 1. The van der Waals surface area contributed by atoms with Crippen LogP contribution in [0.3, 0.4) is 0 Å². The lowest BCUT2D eigenvalue weighted by Crippen LogP contribution is -2.36. The molecule has 3 aromatic heterocycles. The molecule has 11 heteroatoms. The molecule has 9 nitrogen and oxygen atoms in total. The number of aliphatic hydroxyl groups is 2. The van der Waals surface area contributed by atoms with Gasteiger partial charge in [-0.15, -0.1) is 0 Å². The third kappa shape index (κ3) is 2.71. The molecule has 0 aromatic carbocycles. The van der Waals surface area contributed by atoms with E-state index in [2.05, 4.69) is 19.9 Å². The van der Waals surface area contributed by atoms with Crippen LogP contribution in [-0.2, 0) is 4.74 Å². The number of alkyl halides is 2. The summed E-state index contributed by atoms with van der Waals surface area (Å²) in [7, 11) is 0. The van der Waals surface area contributed by atoms with Crippen LogP contribution in [0.2, 0.25) is 0 Å². The van der Waals surface area contributed by atoms with Gasteiger partial charge in [0.1, 0.15) is 24.1 Å². The topological polar surface area (TPSA) is 132 Å². The first-order valence-corrected chi connectivity index (χ1v) is 8.07. The standard InChI is InChI=1S/C11H11F2N5O3.C5H5N/c12-11(13)1-10(11)6(20)5(19)9(21-10)18-3-17-4-7(14)15-2-16-8(4)18;1-2-4-6-5-3-1/h2-3,5-6,9,19-20H,1H2,(H2,14,15,16);1-5H/t5-,6+,9-,10+;/m1./s1. The van der Waals surface area contributed by atoms with E-state index in [0.717, 1.165) is 0 Å². The fraction of sp³-hybridized carbons (Fsp3) is 0.375. The van der Waals surface area contributed by atoms with Gasteiger partial charge in [-0.25, -0.2) is 23.7 Å².